The van der Waals surface area contributed by atoms with Crippen LogP contribution in [0.5, 0.6) is 0 Å². The third-order valence-corrected chi connectivity index (χ3v) is 16.8. The van der Waals surface area contributed by atoms with E-state index in [4.69, 9.17) is 9.10 Å². The average Bonchev–Trinajstić information content (AvgIpc) is 3.83. The van der Waals surface area contributed by atoms with Gasteiger partial charge in [-0.3, -0.25) is 4.98 Å². The van der Waals surface area contributed by atoms with Crippen LogP contribution in [0.2, 0.25) is 17.3 Å². The SMILES string of the molecule is CC(C)c1cccc(C(C)C)c1-n1c(-c2[c-]ccc3c2sc2cc4ccc5ccccc5c4cc23)nc2ccccc21.[2H]C([2H])([2H])c1cc(-c2[c-]cccc2)nc[c]1[Ge]([CH3])([CH3])[CH3].[Ir]. The molecule has 3 nitrogen and oxygen atoms in total. The molecular formula is C54H49GeIrN3S-2. The molecule has 10 aromatic rings. The van der Waals surface area contributed by atoms with E-state index < -0.39 is 20.1 Å². The van der Waals surface area contributed by atoms with Gasteiger partial charge in [-0.2, -0.15) is 11.3 Å². The number of pyridine rings is 1. The van der Waals surface area contributed by atoms with E-state index in [-0.39, 0.29) is 20.1 Å². The van der Waals surface area contributed by atoms with Gasteiger partial charge < -0.3 is 4.57 Å². The number of thiophene rings is 1. The van der Waals surface area contributed by atoms with Gasteiger partial charge in [-0.15, -0.1) is 18.2 Å². The Morgan fingerprint density at radius 1 is 0.683 bits per heavy atom. The number of hydrogen-bond donors (Lipinski definition) is 0. The molecule has 3 heterocycles. The van der Waals surface area contributed by atoms with Gasteiger partial charge in [0.05, 0.1) is 16.9 Å². The number of aromatic nitrogens is 3. The van der Waals surface area contributed by atoms with Crippen LogP contribution in [0.15, 0.2) is 140 Å². The first-order valence-electron chi connectivity index (χ1n) is 22.0. The molecule has 0 saturated heterocycles. The third-order valence-electron chi connectivity index (χ3n) is 11.3. The van der Waals surface area contributed by atoms with E-state index in [1.807, 2.05) is 35.6 Å². The van der Waals surface area contributed by atoms with Crippen molar-refractivity contribution in [3.8, 4) is 28.3 Å². The predicted molar refractivity (Wildman–Crippen MR) is 258 cm³/mol. The summed E-state index contributed by atoms with van der Waals surface area (Å²) in [5, 5.41) is 7.71. The van der Waals surface area contributed by atoms with Gasteiger partial charge in [-0.1, -0.05) is 105 Å². The molecule has 10 rings (SSSR count). The first-order chi connectivity index (χ1) is 29.7. The van der Waals surface area contributed by atoms with Crippen molar-refractivity contribution in [3.63, 3.8) is 0 Å². The topological polar surface area (TPSA) is 30.7 Å². The van der Waals surface area contributed by atoms with Crippen molar-refractivity contribution >= 4 is 81.7 Å². The van der Waals surface area contributed by atoms with Gasteiger partial charge in [0.15, 0.2) is 0 Å². The summed E-state index contributed by atoms with van der Waals surface area (Å²) >= 11 is -0.412. The van der Waals surface area contributed by atoms with Crippen LogP contribution < -0.4 is 4.40 Å². The van der Waals surface area contributed by atoms with Crippen molar-refractivity contribution in [2.24, 2.45) is 0 Å². The van der Waals surface area contributed by atoms with Gasteiger partial charge in [0, 0.05) is 30.5 Å². The van der Waals surface area contributed by atoms with Crippen molar-refractivity contribution in [3.05, 3.63) is 168 Å². The van der Waals surface area contributed by atoms with Crippen LogP contribution in [0.4, 0.5) is 0 Å². The summed E-state index contributed by atoms with van der Waals surface area (Å²) in [7, 11) is 0. The maximum absolute atomic E-state index is 7.78. The second-order valence-corrected chi connectivity index (χ2v) is 28.7. The Morgan fingerprint density at radius 2 is 1.42 bits per heavy atom. The van der Waals surface area contributed by atoms with Crippen LogP contribution in [-0.4, -0.2) is 27.8 Å². The van der Waals surface area contributed by atoms with Gasteiger partial charge in [-0.25, -0.2) is 0 Å². The van der Waals surface area contributed by atoms with Gasteiger partial charge in [0.1, 0.15) is 0 Å². The first-order valence-corrected chi connectivity index (χ1v) is 28.6. The number of fused-ring (bicyclic) bond motifs is 7. The zero-order chi connectivity index (χ0) is 43.5. The molecule has 0 aliphatic carbocycles. The zero-order valence-electron chi connectivity index (χ0n) is 38.0. The molecule has 0 aliphatic heterocycles. The minimum atomic E-state index is -2.27. The number of imidazole rings is 1. The summed E-state index contributed by atoms with van der Waals surface area (Å²) in [6.45, 7) is 7.05. The largest absolute Gasteiger partial charge is 0 e. The molecule has 0 fully saturated rings. The molecule has 3 aromatic heterocycles. The number of aryl methyl sites for hydroxylation is 1. The standard InChI is InChI=1S/C39H31N2S.C15H18GeN.Ir/c1-23(2)27-13-9-14-28(24(3)4)37(27)41-35-18-8-7-17-34(35)40-39(41)31-16-10-15-30-33-22-32-26(21-36(33)42-38(30)31)20-19-25-11-5-6-12-29(25)32;1-12-10-15(13-8-6-5-7-9-13)17-11-14(12)16(2,3)4;/h5-15,17-24H,1-4H3;5-8,10-11H,1-4H3;/q2*-1;/i;1D3;. The van der Waals surface area contributed by atoms with Gasteiger partial charge in [-0.05, 0) is 78.9 Å². The Morgan fingerprint density at radius 3 is 2.15 bits per heavy atom. The molecule has 7 aromatic carbocycles. The minimum Gasteiger partial charge on any atom is 0 e. The first kappa shape index (κ1) is 38.0. The van der Waals surface area contributed by atoms with Crippen LogP contribution in [-0.2, 0) is 20.1 Å². The fraction of sp³-hybridized carbons (Fsp3) is 0.185. The van der Waals surface area contributed by atoms with Crippen LogP contribution >= 0.6 is 11.3 Å². The van der Waals surface area contributed by atoms with Crippen molar-refractivity contribution in [1.82, 2.24) is 14.5 Å². The Kier molecular flexibility index (Phi) is 10.7. The van der Waals surface area contributed by atoms with Crippen LogP contribution in [0.3, 0.4) is 0 Å². The molecule has 60 heavy (non-hydrogen) atoms. The fourth-order valence-electron chi connectivity index (χ4n) is 8.35. The van der Waals surface area contributed by atoms with Crippen LogP contribution in [0.25, 0.3) is 81.1 Å². The van der Waals surface area contributed by atoms with E-state index >= 15 is 0 Å². The molecule has 0 bridgehead atoms. The van der Waals surface area contributed by atoms with Crippen molar-refractivity contribution in [2.45, 2.75) is 63.7 Å². The molecule has 0 spiro atoms. The van der Waals surface area contributed by atoms with Gasteiger partial charge >= 0.3 is 110 Å². The number of benzene rings is 7. The predicted octanol–water partition coefficient (Wildman–Crippen LogP) is 14.8. The number of nitrogens with zero attached hydrogens (tertiary/aromatic N) is 3. The van der Waals surface area contributed by atoms with E-state index in [0.29, 0.717) is 23.1 Å². The third kappa shape index (κ3) is 7.67. The van der Waals surface area contributed by atoms with E-state index in [1.165, 1.54) is 58.5 Å². The van der Waals surface area contributed by atoms with E-state index in [1.54, 1.807) is 12.3 Å². The number of para-hydroxylation sites is 3. The number of rotatable bonds is 6. The molecule has 0 unspecified atom stereocenters. The maximum atomic E-state index is 7.78. The smallest absolute Gasteiger partial charge is 0 e. The summed E-state index contributed by atoms with van der Waals surface area (Å²) in [6, 6.07) is 53.5. The summed E-state index contributed by atoms with van der Waals surface area (Å²) in [5.41, 5.74) is 9.09. The monoisotopic (exact) mass is 1040 g/mol. The number of hydrogen-bond acceptors (Lipinski definition) is 3. The average molecular weight is 1040 g/mol. The quantitative estimate of drug-likeness (QED) is 0.0944. The normalized spacial score (nSPS) is 12.8. The Bertz CT molecular complexity index is 3260. The Balaban J connectivity index is 0.000000219. The van der Waals surface area contributed by atoms with Gasteiger partial charge in [0.25, 0.3) is 0 Å². The maximum Gasteiger partial charge on any atom is 0 e. The van der Waals surface area contributed by atoms with E-state index in [9.17, 15) is 0 Å². The Labute approximate surface area is 378 Å². The molecule has 1 radical (unpaired) electrons. The van der Waals surface area contributed by atoms with Crippen molar-refractivity contribution in [2.75, 3.05) is 0 Å². The molecule has 0 atom stereocenters. The summed E-state index contributed by atoms with van der Waals surface area (Å²) in [6.07, 6.45) is 1.76. The summed E-state index contributed by atoms with van der Waals surface area (Å²) in [5.74, 6) is 8.25. The fourth-order valence-corrected chi connectivity index (χ4v) is 12.4. The van der Waals surface area contributed by atoms with Crippen LogP contribution in [0.1, 0.15) is 60.3 Å². The van der Waals surface area contributed by atoms with Crippen LogP contribution in [0, 0.1) is 19.0 Å². The molecule has 6 heteroatoms. The molecule has 0 aliphatic rings. The molecule has 0 saturated carbocycles. The summed E-state index contributed by atoms with van der Waals surface area (Å²) < 4.78 is 29.2. The van der Waals surface area contributed by atoms with E-state index in [0.717, 1.165) is 32.4 Å². The van der Waals surface area contributed by atoms with Crippen molar-refractivity contribution < 1.29 is 24.2 Å². The second kappa shape index (κ2) is 16.9. The Hall–Kier alpha value is -4.91. The molecule has 301 valence electrons. The minimum absolute atomic E-state index is 0. The van der Waals surface area contributed by atoms with Crippen molar-refractivity contribution in [1.29, 1.82) is 0 Å². The van der Waals surface area contributed by atoms with E-state index in [2.05, 4.69) is 170 Å². The summed E-state index contributed by atoms with van der Waals surface area (Å²) in [4.78, 5) is 9.77. The second-order valence-electron chi connectivity index (χ2n) is 17.0. The molecular weight excluding hydrogens is 988 g/mol. The molecule has 0 N–H and O–H groups in total. The van der Waals surface area contributed by atoms with Gasteiger partial charge in [0.2, 0.25) is 0 Å². The zero-order valence-corrected chi connectivity index (χ0v) is 40.3. The molecule has 0 amide bonds.